The minimum Gasteiger partial charge on any atom is -0.0689 e. The van der Waals surface area contributed by atoms with Gasteiger partial charge in [-0.3, -0.25) is 0 Å². The quantitative estimate of drug-likeness (QED) is 0.299. The van der Waals surface area contributed by atoms with Crippen molar-refractivity contribution in [1.29, 1.82) is 0 Å². The van der Waals surface area contributed by atoms with Gasteiger partial charge in [0.2, 0.25) is 0 Å². The highest BCUT2D eigenvalue weighted by Gasteiger charge is 2.63. The molecular weight excluding hydrogens is 485 g/mol. The Labute approximate surface area is 246 Å². The zero-order chi connectivity index (χ0) is 28.5. The molecule has 0 aromatic rings. The van der Waals surface area contributed by atoms with E-state index in [0.29, 0.717) is 21.7 Å². The molecule has 39 heavy (non-hydrogen) atoms. The van der Waals surface area contributed by atoms with Crippen molar-refractivity contribution in [1.82, 2.24) is 0 Å². The third-order valence-electron chi connectivity index (χ3n) is 16.4. The van der Waals surface area contributed by atoms with Gasteiger partial charge in [0, 0.05) is 0 Å². The summed E-state index contributed by atoms with van der Waals surface area (Å²) in [4.78, 5) is 0. The van der Waals surface area contributed by atoms with Crippen LogP contribution < -0.4 is 0 Å². The lowest BCUT2D eigenvalue weighted by atomic mass is 9.48. The standard InChI is InChI=1S/C38H68Si/c1-23-17-25-19-29-31(37(7,8)15-13-35(29,3)4)21-27(25)33(23)39(11,12)34-24(2)18-26-20-30-32(22-28(26)34)38(9,10)16-14-36(30,5)6/h23-34H,13-22H2,1-12H3. The molecule has 6 rings (SSSR count). The first-order chi connectivity index (χ1) is 17.9. The second-order valence-electron chi connectivity index (χ2n) is 20.5. The Balaban J connectivity index is 1.29. The number of hydrogen-bond acceptors (Lipinski definition) is 0. The molecule has 6 aliphatic carbocycles. The molecule has 0 radical (unpaired) electrons. The van der Waals surface area contributed by atoms with E-state index in [1.54, 1.807) is 38.5 Å². The first-order valence-electron chi connectivity index (χ1n) is 17.9. The van der Waals surface area contributed by atoms with E-state index >= 15 is 0 Å². The first kappa shape index (κ1) is 29.3. The third-order valence-corrected chi connectivity index (χ3v) is 21.8. The van der Waals surface area contributed by atoms with Crippen molar-refractivity contribution in [2.75, 3.05) is 0 Å². The smallest absolute Gasteiger partial charge is 0.0546 e. The number of hydrogen-bond donors (Lipinski definition) is 0. The zero-order valence-electron chi connectivity index (χ0n) is 28.5. The highest BCUT2D eigenvalue weighted by molar-refractivity contribution is 6.80. The van der Waals surface area contributed by atoms with E-state index in [2.05, 4.69) is 82.3 Å². The molecule has 0 aromatic heterocycles. The van der Waals surface area contributed by atoms with E-state index in [4.69, 9.17) is 0 Å². The van der Waals surface area contributed by atoms with Crippen molar-refractivity contribution in [2.45, 2.75) is 158 Å². The molecule has 224 valence electrons. The van der Waals surface area contributed by atoms with Gasteiger partial charge in [-0.15, -0.1) is 0 Å². The molecule has 6 fully saturated rings. The summed E-state index contributed by atoms with van der Waals surface area (Å²) in [6.07, 6.45) is 15.2. The normalized spacial score (nSPS) is 51.4. The van der Waals surface area contributed by atoms with Crippen LogP contribution in [-0.2, 0) is 0 Å². The molecule has 1 heteroatoms. The monoisotopic (exact) mass is 553 g/mol. The summed E-state index contributed by atoms with van der Waals surface area (Å²) in [5.41, 5.74) is 4.37. The Hall–Kier alpha value is 0.217. The lowest BCUT2D eigenvalue weighted by Gasteiger charge is -2.59. The summed E-state index contributed by atoms with van der Waals surface area (Å²) in [5, 5.41) is 0. The molecule has 0 nitrogen and oxygen atoms in total. The molecule has 0 heterocycles. The van der Waals surface area contributed by atoms with Crippen LogP contribution in [0.2, 0.25) is 24.2 Å². The maximum atomic E-state index is 2.95. The zero-order valence-corrected chi connectivity index (χ0v) is 29.5. The van der Waals surface area contributed by atoms with Gasteiger partial charge in [0.1, 0.15) is 0 Å². The molecule has 0 saturated heterocycles. The van der Waals surface area contributed by atoms with Gasteiger partial charge in [0.25, 0.3) is 0 Å². The molecular formula is C38H68Si. The van der Waals surface area contributed by atoms with E-state index in [-0.39, 0.29) is 0 Å². The summed E-state index contributed by atoms with van der Waals surface area (Å²) >= 11 is 0. The van der Waals surface area contributed by atoms with E-state index in [0.717, 1.165) is 70.3 Å². The lowest BCUT2D eigenvalue weighted by molar-refractivity contribution is -0.0737. The van der Waals surface area contributed by atoms with Crippen molar-refractivity contribution < 1.29 is 0 Å². The van der Waals surface area contributed by atoms with Crippen molar-refractivity contribution in [2.24, 2.45) is 80.8 Å². The Morgan fingerprint density at radius 1 is 0.436 bits per heavy atom. The lowest BCUT2D eigenvalue weighted by Crippen LogP contribution is -2.53. The SMILES string of the molecule is CC1CC2CC3C(CC2C1[Si](C)(C)C1C(C)CC2CC4C(CC21)C(C)(C)CCC4(C)C)C(C)(C)CCC3(C)C. The topological polar surface area (TPSA) is 0 Å². The molecule has 0 amide bonds. The molecule has 12 atom stereocenters. The van der Waals surface area contributed by atoms with Crippen LogP contribution in [0.1, 0.15) is 133 Å². The van der Waals surface area contributed by atoms with Crippen molar-refractivity contribution in [3.05, 3.63) is 0 Å². The van der Waals surface area contributed by atoms with Crippen molar-refractivity contribution in [3.63, 3.8) is 0 Å². The highest BCUT2D eigenvalue weighted by atomic mass is 28.3. The number of fused-ring (bicyclic) bond motifs is 4. The Morgan fingerprint density at radius 2 is 0.718 bits per heavy atom. The molecule has 6 aliphatic rings. The summed E-state index contributed by atoms with van der Waals surface area (Å²) in [6, 6.07) is 0. The van der Waals surface area contributed by atoms with Crippen LogP contribution in [0, 0.1) is 80.8 Å². The Kier molecular flexibility index (Phi) is 6.85. The average molecular weight is 553 g/mol. The van der Waals surface area contributed by atoms with Gasteiger partial charge in [-0.05, 0) is 156 Å². The van der Waals surface area contributed by atoms with Crippen LogP contribution in [0.15, 0.2) is 0 Å². The predicted octanol–water partition coefficient (Wildman–Crippen LogP) is 11.7. The molecule has 0 spiro atoms. The van der Waals surface area contributed by atoms with Gasteiger partial charge in [-0.25, -0.2) is 0 Å². The van der Waals surface area contributed by atoms with Gasteiger partial charge in [0.05, 0.1) is 8.07 Å². The van der Waals surface area contributed by atoms with Crippen LogP contribution in [0.25, 0.3) is 0 Å². The summed E-state index contributed by atoms with van der Waals surface area (Å²) in [5.74, 6) is 9.98. The average Bonchev–Trinajstić information content (AvgIpc) is 3.33. The van der Waals surface area contributed by atoms with Gasteiger partial charge >= 0.3 is 0 Å². The van der Waals surface area contributed by atoms with Gasteiger partial charge in [-0.1, -0.05) is 82.3 Å². The van der Waals surface area contributed by atoms with Crippen molar-refractivity contribution >= 4 is 8.07 Å². The largest absolute Gasteiger partial charge is 0.0689 e. The van der Waals surface area contributed by atoms with E-state index in [9.17, 15) is 0 Å². The summed E-state index contributed by atoms with van der Waals surface area (Å²) in [6.45, 7) is 32.6. The maximum Gasteiger partial charge on any atom is 0.0546 e. The van der Waals surface area contributed by atoms with Crippen LogP contribution in [0.5, 0.6) is 0 Å². The minimum absolute atomic E-state index is 0.552. The Morgan fingerprint density at radius 3 is 1.03 bits per heavy atom. The van der Waals surface area contributed by atoms with Gasteiger partial charge in [0.15, 0.2) is 0 Å². The van der Waals surface area contributed by atoms with Crippen LogP contribution in [0.4, 0.5) is 0 Å². The Bertz CT molecular complexity index is 862. The summed E-state index contributed by atoms with van der Waals surface area (Å²) in [7, 11) is -1.46. The second kappa shape index (κ2) is 9.11. The minimum atomic E-state index is -1.46. The molecule has 0 aromatic carbocycles. The molecule has 6 saturated carbocycles. The first-order valence-corrected chi connectivity index (χ1v) is 21.0. The fraction of sp³-hybridized carbons (Fsp3) is 1.00. The maximum absolute atomic E-state index is 2.95. The van der Waals surface area contributed by atoms with Crippen LogP contribution >= 0.6 is 0 Å². The molecule has 0 bridgehead atoms. The van der Waals surface area contributed by atoms with Crippen LogP contribution in [0.3, 0.4) is 0 Å². The van der Waals surface area contributed by atoms with Crippen LogP contribution in [-0.4, -0.2) is 8.07 Å². The molecule has 12 unspecified atom stereocenters. The predicted molar refractivity (Wildman–Crippen MR) is 173 cm³/mol. The van der Waals surface area contributed by atoms with E-state index in [1.165, 1.54) is 25.7 Å². The van der Waals surface area contributed by atoms with Crippen molar-refractivity contribution in [3.8, 4) is 0 Å². The third kappa shape index (κ3) is 4.44. The molecule has 0 aliphatic heterocycles. The fourth-order valence-corrected chi connectivity index (χ4v) is 21.1. The van der Waals surface area contributed by atoms with E-state index < -0.39 is 8.07 Å². The number of rotatable bonds is 2. The fourth-order valence-electron chi connectivity index (χ4n) is 14.4. The van der Waals surface area contributed by atoms with Gasteiger partial charge < -0.3 is 0 Å². The molecule has 0 N–H and O–H groups in total. The van der Waals surface area contributed by atoms with E-state index in [1.807, 2.05) is 0 Å². The summed E-state index contributed by atoms with van der Waals surface area (Å²) < 4.78 is 0. The second-order valence-corrected chi connectivity index (χ2v) is 25.4. The van der Waals surface area contributed by atoms with Gasteiger partial charge in [-0.2, -0.15) is 0 Å². The highest BCUT2D eigenvalue weighted by Crippen LogP contribution is 2.71.